The van der Waals surface area contributed by atoms with Gasteiger partial charge in [0.1, 0.15) is 11.2 Å². The fraction of sp³-hybridized carbons (Fsp3) is 0.568. The molecule has 4 nitrogen and oxygen atoms in total. The van der Waals surface area contributed by atoms with Gasteiger partial charge in [0.2, 0.25) is 0 Å². The molecular weight excluding hydrogens is 502 g/mol. The van der Waals surface area contributed by atoms with Crippen molar-refractivity contribution in [1.82, 2.24) is 4.98 Å². The van der Waals surface area contributed by atoms with Crippen LogP contribution in [0, 0.1) is 0 Å². The number of hydrogen-bond donors (Lipinski definition) is 0. The highest BCUT2D eigenvalue weighted by molar-refractivity contribution is 5.96. The number of nitrogens with zero attached hydrogens (tertiary/aromatic N) is 3. The summed E-state index contributed by atoms with van der Waals surface area (Å²) < 4.78 is 6.58. The zero-order valence-corrected chi connectivity index (χ0v) is 26.3. The van der Waals surface area contributed by atoms with Gasteiger partial charge in [-0.3, -0.25) is 4.99 Å². The van der Waals surface area contributed by atoms with E-state index in [4.69, 9.17) is 14.4 Å². The van der Waals surface area contributed by atoms with Crippen molar-refractivity contribution >= 4 is 27.6 Å². The summed E-state index contributed by atoms with van der Waals surface area (Å²) in [5.41, 5.74) is 3.83. The van der Waals surface area contributed by atoms with Gasteiger partial charge in [-0.05, 0) is 38.8 Å². The number of hydrogen-bond acceptors (Lipinski definition) is 4. The van der Waals surface area contributed by atoms with Crippen LogP contribution in [0.3, 0.4) is 0 Å². The molecule has 4 rings (SSSR count). The molecule has 41 heavy (non-hydrogen) atoms. The number of anilines is 1. The van der Waals surface area contributed by atoms with E-state index in [0.717, 1.165) is 46.4 Å². The van der Waals surface area contributed by atoms with E-state index in [0.29, 0.717) is 6.04 Å². The second kappa shape index (κ2) is 16.5. The Balaban J connectivity index is 1.67. The van der Waals surface area contributed by atoms with Crippen LogP contribution in [0.15, 0.2) is 57.9 Å². The van der Waals surface area contributed by atoms with Gasteiger partial charge in [-0.2, -0.15) is 0 Å². The second-order valence-corrected chi connectivity index (χ2v) is 11.7. The van der Waals surface area contributed by atoms with E-state index < -0.39 is 0 Å². The quantitative estimate of drug-likeness (QED) is 0.0696. The maximum atomic E-state index is 6.58. The summed E-state index contributed by atoms with van der Waals surface area (Å²) in [5.74, 6) is 0.824. The average Bonchev–Trinajstić information content (AvgIpc) is 3.00. The molecule has 0 saturated heterocycles. The normalized spacial score (nSPS) is 12.4. The predicted octanol–water partition coefficient (Wildman–Crippen LogP) is 10.7. The average molecular weight is 556 g/mol. The highest BCUT2D eigenvalue weighted by atomic mass is 16.3. The van der Waals surface area contributed by atoms with Crippen molar-refractivity contribution in [3.05, 3.63) is 53.9 Å². The first kappa shape index (κ1) is 31.1. The van der Waals surface area contributed by atoms with E-state index in [1.807, 2.05) is 0 Å². The van der Waals surface area contributed by atoms with Crippen molar-refractivity contribution in [2.45, 2.75) is 124 Å². The molecule has 0 atom stereocenters. The smallest absolute Gasteiger partial charge is 0.155 e. The lowest BCUT2D eigenvalue weighted by Gasteiger charge is -2.21. The number of fused-ring (bicyclic) bond motifs is 4. The van der Waals surface area contributed by atoms with Crippen LogP contribution >= 0.6 is 0 Å². The van der Waals surface area contributed by atoms with Gasteiger partial charge in [-0.25, -0.2) is 4.98 Å². The molecule has 2 aliphatic rings. The lowest BCUT2D eigenvalue weighted by Crippen LogP contribution is -2.21. The fourth-order valence-electron chi connectivity index (χ4n) is 6.11. The van der Waals surface area contributed by atoms with Crippen molar-refractivity contribution in [1.29, 1.82) is 0 Å². The predicted molar refractivity (Wildman–Crippen MR) is 177 cm³/mol. The van der Waals surface area contributed by atoms with Gasteiger partial charge >= 0.3 is 0 Å². The van der Waals surface area contributed by atoms with Crippen molar-refractivity contribution in [2.24, 2.45) is 4.99 Å². The molecular formula is C37H53N3O. The molecule has 0 amide bonds. The molecule has 0 saturated carbocycles. The van der Waals surface area contributed by atoms with Gasteiger partial charge in [0.25, 0.3) is 0 Å². The second-order valence-electron chi connectivity index (χ2n) is 11.7. The van der Waals surface area contributed by atoms with Crippen LogP contribution in [-0.2, 0) is 0 Å². The summed E-state index contributed by atoms with van der Waals surface area (Å²) >= 11 is 0. The lowest BCUT2D eigenvalue weighted by atomic mass is 9.99. The summed E-state index contributed by atoms with van der Waals surface area (Å²) in [7, 11) is 0. The Morgan fingerprint density at radius 3 is 1.95 bits per heavy atom. The molecule has 0 N–H and O–H groups in total. The maximum absolute atomic E-state index is 6.58. The van der Waals surface area contributed by atoms with Gasteiger partial charge in [0.15, 0.2) is 11.3 Å². The maximum Gasteiger partial charge on any atom is 0.155 e. The molecule has 0 spiro atoms. The molecule has 1 heterocycles. The van der Waals surface area contributed by atoms with Crippen molar-refractivity contribution in [3.63, 3.8) is 0 Å². The van der Waals surface area contributed by atoms with Crippen LogP contribution in [0.4, 0.5) is 5.69 Å². The Kier molecular flexibility index (Phi) is 12.5. The van der Waals surface area contributed by atoms with Crippen LogP contribution in [-0.4, -0.2) is 24.1 Å². The molecule has 0 radical (unpaired) electrons. The van der Waals surface area contributed by atoms with Crippen LogP contribution in [0.2, 0.25) is 0 Å². The molecule has 4 heteroatoms. The molecule has 0 unspecified atom stereocenters. The Morgan fingerprint density at radius 2 is 1.32 bits per heavy atom. The van der Waals surface area contributed by atoms with E-state index in [-0.39, 0.29) is 0 Å². The third-order valence-corrected chi connectivity index (χ3v) is 8.59. The van der Waals surface area contributed by atoms with Crippen LogP contribution in [0.1, 0.15) is 118 Å². The molecule has 0 aromatic heterocycles. The first-order valence-electron chi connectivity index (χ1n) is 16.7. The Morgan fingerprint density at radius 1 is 0.707 bits per heavy atom. The largest absolute Gasteiger partial charge is 0.453 e. The third-order valence-electron chi connectivity index (χ3n) is 8.59. The van der Waals surface area contributed by atoms with E-state index in [1.54, 1.807) is 0 Å². The first-order valence-corrected chi connectivity index (χ1v) is 16.7. The number of benzene rings is 3. The minimum atomic E-state index is 0.357. The van der Waals surface area contributed by atoms with Crippen LogP contribution in [0.5, 0.6) is 0 Å². The Labute approximate surface area is 248 Å². The molecule has 2 aromatic carbocycles. The summed E-state index contributed by atoms with van der Waals surface area (Å²) in [5, 5.41) is 3.36. The first-order chi connectivity index (χ1) is 20.2. The van der Waals surface area contributed by atoms with Gasteiger partial charge in [0, 0.05) is 41.7 Å². The van der Waals surface area contributed by atoms with Crippen molar-refractivity contribution < 1.29 is 4.42 Å². The number of aromatic nitrogens is 1. The van der Waals surface area contributed by atoms with E-state index in [9.17, 15) is 0 Å². The Bertz CT molecular complexity index is 1350. The highest BCUT2D eigenvalue weighted by Gasteiger charge is 2.17. The summed E-state index contributed by atoms with van der Waals surface area (Å²) in [4.78, 5) is 12.9. The monoisotopic (exact) mass is 555 g/mol. The van der Waals surface area contributed by atoms with Gasteiger partial charge in [-0.15, -0.1) is 0 Å². The molecule has 0 bridgehead atoms. The van der Waals surface area contributed by atoms with Crippen LogP contribution < -0.4 is 10.3 Å². The number of rotatable bonds is 18. The molecule has 1 aliphatic heterocycles. The van der Waals surface area contributed by atoms with Gasteiger partial charge in [-0.1, -0.05) is 115 Å². The minimum absolute atomic E-state index is 0.357. The molecule has 2 aromatic rings. The van der Waals surface area contributed by atoms with Crippen molar-refractivity contribution in [3.8, 4) is 11.5 Å². The van der Waals surface area contributed by atoms with Gasteiger partial charge in [0.05, 0.1) is 11.4 Å². The minimum Gasteiger partial charge on any atom is -0.453 e. The Hall–Kier alpha value is -2.88. The van der Waals surface area contributed by atoms with E-state index >= 15 is 0 Å². The third kappa shape index (κ3) is 8.56. The molecule has 222 valence electrons. The number of unbranched alkanes of at least 4 members (excludes halogenated alkanes) is 10. The standard InChI is InChI=1S/C37H53N3O/c1-5-9-11-13-15-17-21-29(22-18-16-14-12-10-6-2)38-34-28-36-37(32-24-20-19-23-31(32)34)39-33-26-25-30(27-35(33)41-36)40(7-3)8-4/h19-20,23-29H,5-18,21-22H2,1-4H3. The topological polar surface area (TPSA) is 41.6 Å². The highest BCUT2D eigenvalue weighted by Crippen LogP contribution is 2.32. The van der Waals surface area contributed by atoms with E-state index in [1.165, 1.54) is 101 Å². The summed E-state index contributed by atoms with van der Waals surface area (Å²) in [6, 6.07) is 17.5. The van der Waals surface area contributed by atoms with Crippen molar-refractivity contribution in [2.75, 3.05) is 18.0 Å². The molecule has 0 fully saturated rings. The van der Waals surface area contributed by atoms with Crippen LogP contribution in [0.25, 0.3) is 33.3 Å². The zero-order valence-electron chi connectivity index (χ0n) is 26.3. The summed E-state index contributed by atoms with van der Waals surface area (Å²) in [6.45, 7) is 10.9. The van der Waals surface area contributed by atoms with Gasteiger partial charge < -0.3 is 9.32 Å². The zero-order chi connectivity index (χ0) is 28.9. The SMILES string of the molecule is CCCCCCCCC(CCCCCCCC)N=c1cc2oc3cc(N(CC)CC)ccc3nc-2c2ccccc12. The van der Waals surface area contributed by atoms with E-state index in [2.05, 4.69) is 81.1 Å². The lowest BCUT2D eigenvalue weighted by molar-refractivity contribution is 0.480. The fourth-order valence-corrected chi connectivity index (χ4v) is 6.11. The summed E-state index contributed by atoms with van der Waals surface area (Å²) in [6.07, 6.45) is 18.3. The molecule has 1 aliphatic carbocycles.